The number of nitrogens with zero attached hydrogens (tertiary/aromatic N) is 3. The first-order valence-electron chi connectivity index (χ1n) is 7.24. The highest BCUT2D eigenvalue weighted by molar-refractivity contribution is 8.03. The lowest BCUT2D eigenvalue weighted by molar-refractivity contribution is -0.141. The van der Waals surface area contributed by atoms with E-state index in [1.165, 1.54) is 45.5 Å². The van der Waals surface area contributed by atoms with E-state index in [9.17, 15) is 14.0 Å². The molecule has 0 spiro atoms. The molecule has 0 saturated carbocycles. The number of fused-ring (bicyclic) bond motifs is 4. The summed E-state index contributed by atoms with van der Waals surface area (Å²) in [7, 11) is 0. The number of carbonyl (C=O) groups is 2. The van der Waals surface area contributed by atoms with Crippen LogP contribution in [0.2, 0.25) is 0 Å². The number of carboxylic acid groups (broad SMARTS) is 1. The van der Waals surface area contributed by atoms with Gasteiger partial charge in [-0.1, -0.05) is 11.3 Å². The Kier molecular flexibility index (Phi) is 2.89. The van der Waals surface area contributed by atoms with Crippen molar-refractivity contribution in [2.24, 2.45) is 0 Å². The number of aromatic nitrogens is 2. The highest BCUT2D eigenvalue weighted by Crippen LogP contribution is 2.45. The molecule has 9 heteroatoms. The molecule has 25 heavy (non-hydrogen) atoms. The molecule has 1 aromatic carbocycles. The summed E-state index contributed by atoms with van der Waals surface area (Å²) < 4.78 is 16.0. The zero-order valence-corrected chi connectivity index (χ0v) is 14.0. The number of halogens is 1. The average Bonchev–Trinajstić information content (AvgIpc) is 3.22. The molecule has 3 aromatic rings. The van der Waals surface area contributed by atoms with Crippen LogP contribution < -0.4 is 0 Å². The van der Waals surface area contributed by atoms with Crippen molar-refractivity contribution in [2.75, 3.05) is 0 Å². The molecular formula is C16H8FN3O3S2. The lowest BCUT2D eigenvalue weighted by Gasteiger charge is -2.36. The van der Waals surface area contributed by atoms with Gasteiger partial charge in [0.05, 0.1) is 21.5 Å². The second-order valence-electron chi connectivity index (χ2n) is 5.60. The number of carboxylic acids is 1. The third kappa shape index (κ3) is 1.99. The van der Waals surface area contributed by atoms with Crippen LogP contribution in [0, 0.1) is 5.82 Å². The van der Waals surface area contributed by atoms with Gasteiger partial charge < -0.3 is 5.11 Å². The van der Waals surface area contributed by atoms with Crippen molar-refractivity contribution < 1.29 is 19.1 Å². The van der Waals surface area contributed by atoms with Crippen LogP contribution in [-0.4, -0.2) is 36.6 Å². The van der Waals surface area contributed by atoms with Gasteiger partial charge in [0.2, 0.25) is 0 Å². The van der Waals surface area contributed by atoms with Crippen molar-refractivity contribution in [1.82, 2.24) is 14.3 Å². The van der Waals surface area contributed by atoms with Gasteiger partial charge in [-0.2, -0.15) is 0 Å². The number of β-lactam (4-membered cyclic amide) rings is 1. The molecule has 1 N–H and O–H groups in total. The number of thioether (sulfide) groups is 1. The van der Waals surface area contributed by atoms with Crippen LogP contribution in [0.25, 0.3) is 21.3 Å². The standard InChI is InChI=1S/C16H8FN3O3S2/c17-7-1-2-10-12(3-7)25-16-18-8(5-19(10)16)4-9-13(21)20-11(15(22)23)6-24-14(9)20/h1-6,14H,(H,22,23)/b9-4-/t14-/m1/s1. The van der Waals surface area contributed by atoms with Crippen LogP contribution in [0.3, 0.4) is 0 Å². The summed E-state index contributed by atoms with van der Waals surface area (Å²) in [5, 5.41) is 10.3. The SMILES string of the molecule is O=C(O)C1=CS[C@@H]2/C(=C\c3cn4c(n3)sc3cc(F)ccc34)C(=O)N12. The minimum Gasteiger partial charge on any atom is -0.477 e. The van der Waals surface area contributed by atoms with Crippen molar-refractivity contribution >= 4 is 56.2 Å². The number of imidazole rings is 1. The van der Waals surface area contributed by atoms with Crippen LogP contribution in [0.4, 0.5) is 4.39 Å². The lowest BCUT2D eigenvalue weighted by atomic mass is 10.0. The molecule has 1 atom stereocenters. The van der Waals surface area contributed by atoms with Gasteiger partial charge in [-0.25, -0.2) is 14.2 Å². The molecule has 1 amide bonds. The number of carbonyl (C=O) groups excluding carboxylic acids is 1. The molecule has 2 aliphatic rings. The predicted octanol–water partition coefficient (Wildman–Crippen LogP) is 2.91. The number of benzene rings is 1. The fourth-order valence-corrected chi connectivity index (χ4v) is 5.15. The van der Waals surface area contributed by atoms with E-state index in [1.54, 1.807) is 18.3 Å². The minimum atomic E-state index is -1.11. The fourth-order valence-electron chi connectivity index (χ4n) is 2.99. The monoisotopic (exact) mass is 373 g/mol. The van der Waals surface area contributed by atoms with Crippen molar-refractivity contribution in [3.63, 3.8) is 0 Å². The van der Waals surface area contributed by atoms with Crippen molar-refractivity contribution in [2.45, 2.75) is 5.37 Å². The average molecular weight is 373 g/mol. The van der Waals surface area contributed by atoms with E-state index >= 15 is 0 Å². The summed E-state index contributed by atoms with van der Waals surface area (Å²) >= 11 is 2.66. The molecule has 6 nitrogen and oxygen atoms in total. The molecule has 1 fully saturated rings. The maximum absolute atomic E-state index is 13.3. The van der Waals surface area contributed by atoms with Crippen molar-refractivity contribution in [3.05, 3.63) is 52.6 Å². The van der Waals surface area contributed by atoms with Crippen LogP contribution in [0.1, 0.15) is 5.69 Å². The van der Waals surface area contributed by atoms with Crippen molar-refractivity contribution in [1.29, 1.82) is 0 Å². The normalized spacial score (nSPS) is 21.1. The summed E-state index contributed by atoms with van der Waals surface area (Å²) in [6.45, 7) is 0. The molecule has 2 aliphatic heterocycles. The molecular weight excluding hydrogens is 365 g/mol. The van der Waals surface area contributed by atoms with Gasteiger partial charge in [0.25, 0.3) is 5.91 Å². The van der Waals surface area contributed by atoms with E-state index in [4.69, 9.17) is 5.11 Å². The molecule has 1 saturated heterocycles. The molecule has 0 aliphatic carbocycles. The second-order valence-corrected chi connectivity index (χ2v) is 7.57. The van der Waals surface area contributed by atoms with Gasteiger partial charge in [0.15, 0.2) is 4.96 Å². The minimum absolute atomic E-state index is 0.0102. The van der Waals surface area contributed by atoms with Gasteiger partial charge in [-0.05, 0) is 24.3 Å². The topological polar surface area (TPSA) is 74.9 Å². The lowest BCUT2D eigenvalue weighted by Crippen LogP contribution is -2.51. The highest BCUT2D eigenvalue weighted by Gasteiger charge is 2.49. The van der Waals surface area contributed by atoms with Gasteiger partial charge in [-0.3, -0.25) is 14.1 Å². The molecule has 5 rings (SSSR count). The summed E-state index contributed by atoms with van der Waals surface area (Å²) in [6.07, 6.45) is 3.48. The zero-order chi connectivity index (χ0) is 17.3. The van der Waals surface area contributed by atoms with E-state index in [-0.39, 0.29) is 22.8 Å². The number of hydrogen-bond acceptors (Lipinski definition) is 5. The zero-order valence-electron chi connectivity index (χ0n) is 12.3. The van der Waals surface area contributed by atoms with Gasteiger partial charge in [0.1, 0.15) is 16.9 Å². The summed E-state index contributed by atoms with van der Waals surface area (Å²) in [4.78, 5) is 29.8. The number of aliphatic carboxylic acids is 1. The van der Waals surface area contributed by atoms with Gasteiger partial charge >= 0.3 is 5.97 Å². The highest BCUT2D eigenvalue weighted by atomic mass is 32.2. The Morgan fingerprint density at radius 2 is 2.24 bits per heavy atom. The Balaban J connectivity index is 1.52. The van der Waals surface area contributed by atoms with Crippen LogP contribution >= 0.6 is 23.1 Å². The second kappa shape index (κ2) is 4.93. The van der Waals surface area contributed by atoms with E-state index in [0.29, 0.717) is 16.2 Å². The maximum atomic E-state index is 13.3. The Hall–Kier alpha value is -2.65. The smallest absolute Gasteiger partial charge is 0.353 e. The van der Waals surface area contributed by atoms with E-state index in [2.05, 4.69) is 4.98 Å². The summed E-state index contributed by atoms with van der Waals surface area (Å²) in [6, 6.07) is 4.56. The predicted molar refractivity (Wildman–Crippen MR) is 92.5 cm³/mol. The molecule has 0 unspecified atom stereocenters. The first kappa shape index (κ1) is 14.7. The quantitative estimate of drug-likeness (QED) is 0.552. The third-order valence-corrected chi connectivity index (χ3v) is 6.23. The molecule has 124 valence electrons. The summed E-state index contributed by atoms with van der Waals surface area (Å²) in [5.41, 5.74) is 2.00. The largest absolute Gasteiger partial charge is 0.477 e. The molecule has 2 aromatic heterocycles. The third-order valence-electron chi connectivity index (χ3n) is 4.13. The number of thiazole rings is 1. The fraction of sp³-hybridized carbons (Fsp3) is 0.0625. The Labute approximate surface area is 147 Å². The Morgan fingerprint density at radius 1 is 1.40 bits per heavy atom. The molecule has 4 heterocycles. The first-order valence-corrected chi connectivity index (χ1v) is 9.00. The maximum Gasteiger partial charge on any atom is 0.353 e. The van der Waals surface area contributed by atoms with Gasteiger partial charge in [-0.15, -0.1) is 11.8 Å². The van der Waals surface area contributed by atoms with E-state index < -0.39 is 5.97 Å². The number of rotatable bonds is 2. The van der Waals surface area contributed by atoms with Crippen molar-refractivity contribution in [3.8, 4) is 0 Å². The molecule has 0 radical (unpaired) electrons. The van der Waals surface area contributed by atoms with Crippen LogP contribution in [0.5, 0.6) is 0 Å². The van der Waals surface area contributed by atoms with Gasteiger partial charge in [0, 0.05) is 11.6 Å². The molecule has 0 bridgehead atoms. The van der Waals surface area contributed by atoms with Crippen LogP contribution in [0.15, 0.2) is 41.1 Å². The summed E-state index contributed by atoms with van der Waals surface area (Å²) in [5.74, 6) is -1.71. The number of hydrogen-bond donors (Lipinski definition) is 1. The van der Waals surface area contributed by atoms with E-state index in [0.717, 1.165) is 10.2 Å². The Bertz CT molecular complexity index is 1160. The Morgan fingerprint density at radius 3 is 3.04 bits per heavy atom. The number of amides is 1. The first-order chi connectivity index (χ1) is 12.0. The van der Waals surface area contributed by atoms with Crippen LogP contribution in [-0.2, 0) is 9.59 Å². The van der Waals surface area contributed by atoms with E-state index in [1.807, 2.05) is 4.40 Å².